The van der Waals surface area contributed by atoms with E-state index >= 15 is 0 Å². The Morgan fingerprint density at radius 1 is 0.968 bits per heavy atom. The van der Waals surface area contributed by atoms with Gasteiger partial charge in [0.2, 0.25) is 5.79 Å². The largest absolute Gasteiger partial charge is 0.462 e. The number of aliphatic hydroxyl groups excluding tert-OH is 2. The summed E-state index contributed by atoms with van der Waals surface area (Å²) in [5.74, 6) is -8.45. The molecule has 3 N–H and O–H groups in total. The summed E-state index contributed by atoms with van der Waals surface area (Å²) in [5, 5.41) is 34.1. The number of fused-ring (bicyclic) bond motifs is 3. The van der Waals surface area contributed by atoms with Crippen molar-refractivity contribution in [3.8, 4) is 0 Å². The molecule has 1 saturated carbocycles. The summed E-state index contributed by atoms with van der Waals surface area (Å²) in [6, 6.07) is -1.16. The summed E-state index contributed by atoms with van der Waals surface area (Å²) >= 11 is 0. The van der Waals surface area contributed by atoms with Gasteiger partial charge in [0.1, 0.15) is 24.0 Å². The van der Waals surface area contributed by atoms with Gasteiger partial charge in [-0.3, -0.25) is 14.4 Å². The average Bonchev–Trinajstić information content (AvgIpc) is 3.23. The van der Waals surface area contributed by atoms with Crippen molar-refractivity contribution < 1.29 is 63.0 Å². The number of hydrogen-bond donors (Lipinski definition) is 3. The van der Waals surface area contributed by atoms with Gasteiger partial charge in [0.05, 0.1) is 31.0 Å². The molecular formula is C48H75NO13. The SMILES string of the molecule is CO[C@H]1C[C@@H](C)C/C(C)=C/[C@@H](C/C=C/C(=O)OCC(C)C)C(=O)C[C@H](O)[C@@H](C)[C@@H](/C(C)=C/C2CCC(O)CC2)OC(=O)[C@@H]2CCCCN2C(=O)C(=O)[C@]2(O)O[C@H]1[C@@H](OC)C[C@H]2C. The summed E-state index contributed by atoms with van der Waals surface area (Å²) in [6.07, 6.45) is 7.04. The van der Waals surface area contributed by atoms with Crippen molar-refractivity contribution >= 4 is 29.4 Å². The molecule has 2 bridgehead atoms. The predicted molar refractivity (Wildman–Crippen MR) is 231 cm³/mol. The Kier molecular flexibility index (Phi) is 19.6. The fraction of sp³-hybridized carbons (Fsp3) is 0.771. The van der Waals surface area contributed by atoms with Gasteiger partial charge in [-0.1, -0.05) is 58.4 Å². The average molecular weight is 874 g/mol. The first kappa shape index (κ1) is 51.4. The van der Waals surface area contributed by atoms with Crippen molar-refractivity contribution in [2.45, 2.75) is 174 Å². The zero-order valence-electron chi connectivity index (χ0n) is 38.6. The molecule has 2 saturated heterocycles. The van der Waals surface area contributed by atoms with E-state index in [0.717, 1.165) is 18.4 Å². The van der Waals surface area contributed by atoms with Crippen molar-refractivity contribution in [3.63, 3.8) is 0 Å². The molecule has 4 aliphatic rings. The lowest BCUT2D eigenvalue weighted by molar-refractivity contribution is -0.302. The quantitative estimate of drug-likeness (QED) is 0.113. The van der Waals surface area contributed by atoms with Crippen LogP contribution in [0.3, 0.4) is 0 Å². The molecule has 3 fully saturated rings. The molecule has 3 heterocycles. The number of Topliss-reactive ketones (excluding diaryl/α,β-unsaturated/α-hetero) is 2. The summed E-state index contributed by atoms with van der Waals surface area (Å²) in [6.45, 7) is 13.3. The monoisotopic (exact) mass is 874 g/mol. The van der Waals surface area contributed by atoms with Gasteiger partial charge in [-0.05, 0) is 108 Å². The maximum Gasteiger partial charge on any atom is 0.330 e. The number of nitrogens with zero attached hydrogens (tertiary/aromatic N) is 1. The Bertz CT molecular complexity index is 1630. The van der Waals surface area contributed by atoms with Crippen LogP contribution in [0.2, 0.25) is 0 Å². The van der Waals surface area contributed by atoms with Crippen LogP contribution in [0.4, 0.5) is 0 Å². The number of amides is 1. The van der Waals surface area contributed by atoms with Crippen LogP contribution in [0.15, 0.2) is 35.5 Å². The van der Waals surface area contributed by atoms with Gasteiger partial charge >= 0.3 is 11.9 Å². The minimum atomic E-state index is -2.53. The molecule has 350 valence electrons. The molecule has 0 unspecified atom stereocenters. The van der Waals surface area contributed by atoms with Crippen LogP contribution in [0.5, 0.6) is 0 Å². The molecule has 1 aliphatic carbocycles. The number of allylic oxidation sites excluding steroid dienone is 4. The van der Waals surface area contributed by atoms with Gasteiger partial charge in [0.15, 0.2) is 0 Å². The number of hydrogen-bond acceptors (Lipinski definition) is 13. The van der Waals surface area contributed by atoms with Gasteiger partial charge in [-0.2, -0.15) is 0 Å². The molecule has 0 aromatic heterocycles. The van der Waals surface area contributed by atoms with Gasteiger partial charge in [-0.15, -0.1) is 0 Å². The van der Waals surface area contributed by atoms with Crippen molar-refractivity contribution in [2.75, 3.05) is 27.4 Å². The fourth-order valence-electron chi connectivity index (χ4n) is 9.57. The first-order valence-electron chi connectivity index (χ1n) is 22.9. The highest BCUT2D eigenvalue weighted by Gasteiger charge is 2.56. The number of aliphatic hydroxyl groups is 3. The molecule has 14 heteroatoms. The minimum Gasteiger partial charge on any atom is -0.462 e. The molecule has 1 amide bonds. The van der Waals surface area contributed by atoms with Crippen molar-refractivity contribution in [3.05, 3.63) is 35.5 Å². The van der Waals surface area contributed by atoms with E-state index in [2.05, 4.69) is 0 Å². The molecule has 4 rings (SSSR count). The molecule has 0 spiro atoms. The van der Waals surface area contributed by atoms with Gasteiger partial charge in [0, 0.05) is 51.0 Å². The summed E-state index contributed by atoms with van der Waals surface area (Å²) in [4.78, 5) is 70.8. The molecule has 0 aromatic rings. The second kappa shape index (κ2) is 23.6. The van der Waals surface area contributed by atoms with Gasteiger partial charge in [-0.25, -0.2) is 9.59 Å². The predicted octanol–water partition coefficient (Wildman–Crippen LogP) is 5.58. The molecule has 0 aromatic carbocycles. The number of esters is 2. The van der Waals surface area contributed by atoms with Gasteiger partial charge in [0.25, 0.3) is 11.7 Å². The van der Waals surface area contributed by atoms with Crippen LogP contribution in [-0.4, -0.2) is 125 Å². The molecule has 11 atom stereocenters. The van der Waals surface area contributed by atoms with E-state index in [9.17, 15) is 39.3 Å². The van der Waals surface area contributed by atoms with E-state index in [1.807, 2.05) is 46.8 Å². The maximum absolute atomic E-state index is 14.4. The first-order chi connectivity index (χ1) is 29.3. The minimum absolute atomic E-state index is 0.0562. The van der Waals surface area contributed by atoms with E-state index in [1.165, 1.54) is 25.2 Å². The van der Waals surface area contributed by atoms with E-state index in [4.69, 9.17) is 23.7 Å². The maximum atomic E-state index is 14.4. The Morgan fingerprint density at radius 2 is 1.63 bits per heavy atom. The van der Waals surface area contributed by atoms with E-state index in [-0.39, 0.29) is 68.5 Å². The highest BCUT2D eigenvalue weighted by molar-refractivity contribution is 6.39. The number of methoxy groups -OCH3 is 2. The van der Waals surface area contributed by atoms with Crippen molar-refractivity contribution in [2.24, 2.45) is 35.5 Å². The van der Waals surface area contributed by atoms with Crippen LogP contribution in [0.1, 0.15) is 126 Å². The third kappa shape index (κ3) is 13.6. The Morgan fingerprint density at radius 3 is 2.27 bits per heavy atom. The lowest BCUT2D eigenvalue weighted by Crippen LogP contribution is -2.64. The number of rotatable bonds is 9. The van der Waals surface area contributed by atoms with Crippen molar-refractivity contribution in [1.82, 2.24) is 4.90 Å². The van der Waals surface area contributed by atoms with E-state index in [1.54, 1.807) is 19.9 Å². The lowest BCUT2D eigenvalue weighted by Gasteiger charge is -2.47. The highest BCUT2D eigenvalue weighted by atomic mass is 16.7. The Balaban J connectivity index is 1.78. The molecular weight excluding hydrogens is 799 g/mol. The third-order valence-corrected chi connectivity index (χ3v) is 13.3. The topological polar surface area (TPSA) is 195 Å². The second-order valence-electron chi connectivity index (χ2n) is 19.1. The van der Waals surface area contributed by atoms with E-state index < -0.39 is 83.7 Å². The molecule has 0 radical (unpaired) electrons. The number of carbonyl (C=O) groups is 5. The number of ether oxygens (including phenoxy) is 5. The third-order valence-electron chi connectivity index (χ3n) is 13.3. The van der Waals surface area contributed by atoms with Crippen molar-refractivity contribution in [1.29, 1.82) is 0 Å². The number of piperidine rings is 1. The summed E-state index contributed by atoms with van der Waals surface area (Å²) in [5.41, 5.74) is 1.55. The summed E-state index contributed by atoms with van der Waals surface area (Å²) in [7, 11) is 3.02. The van der Waals surface area contributed by atoms with Crippen LogP contribution in [0, 0.1) is 35.5 Å². The Hall–Kier alpha value is -3.27. The summed E-state index contributed by atoms with van der Waals surface area (Å²) < 4.78 is 29.6. The number of carbonyl (C=O) groups excluding carboxylic acids is 5. The first-order valence-corrected chi connectivity index (χ1v) is 22.9. The normalized spacial score (nSPS) is 37.6. The zero-order chi connectivity index (χ0) is 45.9. The second-order valence-corrected chi connectivity index (χ2v) is 19.1. The lowest BCUT2D eigenvalue weighted by atomic mass is 9.82. The molecule has 62 heavy (non-hydrogen) atoms. The Labute approximate surface area is 368 Å². The van der Waals surface area contributed by atoms with Crippen LogP contribution < -0.4 is 0 Å². The van der Waals surface area contributed by atoms with E-state index in [0.29, 0.717) is 44.1 Å². The van der Waals surface area contributed by atoms with Gasteiger partial charge < -0.3 is 43.9 Å². The van der Waals surface area contributed by atoms with Crippen LogP contribution in [0.25, 0.3) is 0 Å². The van der Waals surface area contributed by atoms with Crippen LogP contribution in [-0.2, 0) is 47.7 Å². The van der Waals surface area contributed by atoms with Crippen LogP contribution >= 0.6 is 0 Å². The number of cyclic esters (lactones) is 1. The smallest absolute Gasteiger partial charge is 0.330 e. The molecule has 14 nitrogen and oxygen atoms in total. The highest BCUT2D eigenvalue weighted by Crippen LogP contribution is 2.39. The molecule has 3 aliphatic heterocycles. The fourth-order valence-corrected chi connectivity index (χ4v) is 9.57. The zero-order valence-corrected chi connectivity index (χ0v) is 38.6. The standard InChI is InChI=1S/C48H75NO13/c1-28(2)27-60-42(53)15-12-13-35-22-29(3)21-30(4)23-40(58-8)44-41(59-9)25-32(6)48(57,62-44)45(54)46(55)49-20-11-10-14-37(49)47(56)61-43(33(7)38(51)26-39(35)52)31(5)24-34-16-18-36(50)19-17-34/h12,15,22,24,28,30,32-38,40-41,43-44,50-51,57H,10-11,13-14,16-21,23,25-27H2,1-9H3/b15-12+,29-22+,31-24+/t30-,32+,33+,34?,35+,36?,37-,38-,40-,41-,43+,44+,48+/m0/s1. The number of ketones is 2.